The lowest BCUT2D eigenvalue weighted by molar-refractivity contribution is -0.385. The number of hydrogen-bond acceptors (Lipinski definition) is 8. The van der Waals surface area contributed by atoms with E-state index in [2.05, 4.69) is 0 Å². The van der Waals surface area contributed by atoms with Gasteiger partial charge in [-0.05, 0) is 70.8 Å². The number of halogens is 4. The van der Waals surface area contributed by atoms with E-state index in [0.29, 0.717) is 23.0 Å². The molecular formula is C38H30Cl4N4O8. The number of nitrogens with zero attached hydrogens (tertiary/aromatic N) is 4. The highest BCUT2D eigenvalue weighted by Gasteiger charge is 2.23. The van der Waals surface area contributed by atoms with Gasteiger partial charge in [0.1, 0.15) is 23.0 Å². The van der Waals surface area contributed by atoms with Gasteiger partial charge in [-0.25, -0.2) is 0 Å². The van der Waals surface area contributed by atoms with E-state index in [4.69, 9.17) is 55.9 Å². The molecule has 278 valence electrons. The Labute approximate surface area is 329 Å². The van der Waals surface area contributed by atoms with Crippen molar-refractivity contribution in [3.8, 4) is 23.0 Å². The lowest BCUT2D eigenvalue weighted by Gasteiger charge is -2.25. The number of benzene rings is 5. The van der Waals surface area contributed by atoms with Crippen LogP contribution in [-0.2, 0) is 35.8 Å². The highest BCUT2D eigenvalue weighted by atomic mass is 35.5. The van der Waals surface area contributed by atoms with Gasteiger partial charge in [-0.2, -0.15) is 0 Å². The topological polar surface area (TPSA) is 145 Å². The maximum absolute atomic E-state index is 13.0. The van der Waals surface area contributed by atoms with Crippen molar-refractivity contribution in [1.29, 1.82) is 0 Å². The van der Waals surface area contributed by atoms with Gasteiger partial charge in [-0.15, -0.1) is 0 Å². The molecule has 0 bridgehead atoms. The molecule has 0 N–H and O–H groups in total. The quantitative estimate of drug-likeness (QED) is 0.0544. The summed E-state index contributed by atoms with van der Waals surface area (Å²) in [4.78, 5) is 47.3. The largest absolute Gasteiger partial charge is 0.457 e. The summed E-state index contributed by atoms with van der Waals surface area (Å²) in [5, 5.41) is 21.8. The van der Waals surface area contributed by atoms with Crippen LogP contribution in [0.4, 0.5) is 11.4 Å². The Morgan fingerprint density at radius 3 is 0.907 bits per heavy atom. The fourth-order valence-electron chi connectivity index (χ4n) is 5.20. The van der Waals surface area contributed by atoms with Gasteiger partial charge in [0.2, 0.25) is 0 Å². The summed E-state index contributed by atoms with van der Waals surface area (Å²) in [6, 6.07) is 32.8. The fraction of sp³-hybridized carbons (Fsp3) is 0.158. The van der Waals surface area contributed by atoms with Gasteiger partial charge in [0.15, 0.2) is 9.67 Å². The van der Waals surface area contributed by atoms with Crippen LogP contribution >= 0.6 is 46.4 Å². The number of amides is 2. The van der Waals surface area contributed by atoms with Crippen molar-refractivity contribution in [3.05, 3.63) is 164 Å². The molecule has 0 saturated carbocycles. The first-order valence-corrected chi connectivity index (χ1v) is 17.8. The van der Waals surface area contributed by atoms with Crippen LogP contribution in [0, 0.1) is 20.2 Å². The molecule has 54 heavy (non-hydrogen) atoms. The van der Waals surface area contributed by atoms with Gasteiger partial charge in [0.25, 0.3) is 23.2 Å². The zero-order chi connectivity index (χ0) is 38.8. The standard InChI is InChI=1S/C38H30Cl4N4O8/c39-35(40)37(47)43(23-27-5-13-31(14-6-27)53-33-17-9-29(10-18-33)45(49)50)21-25-1-2-26(4-3-25)22-44(38(48)36(41)42)24-28-7-15-32(16-8-28)54-34-19-11-30(12-20-34)46(51)52/h1-20,35-36H,21-24H2. The molecule has 5 rings (SSSR count). The molecule has 16 heteroatoms. The summed E-state index contributed by atoms with van der Waals surface area (Å²) in [7, 11) is 0. The first-order chi connectivity index (χ1) is 25.8. The van der Waals surface area contributed by atoms with Crippen LogP contribution in [0.3, 0.4) is 0 Å². The summed E-state index contributed by atoms with van der Waals surface area (Å²) in [5.41, 5.74) is 3.04. The number of rotatable bonds is 16. The lowest BCUT2D eigenvalue weighted by Crippen LogP contribution is -2.34. The van der Waals surface area contributed by atoms with E-state index in [-0.39, 0.29) is 37.6 Å². The minimum absolute atomic E-state index is 0.0446. The number of non-ortho nitro benzene ring substituents is 2. The third-order valence-electron chi connectivity index (χ3n) is 7.93. The molecule has 0 unspecified atom stereocenters. The Hall–Kier alpha value is -5.40. The molecule has 0 heterocycles. The molecule has 0 spiro atoms. The van der Waals surface area contributed by atoms with Crippen LogP contribution < -0.4 is 9.47 Å². The Balaban J connectivity index is 1.21. The van der Waals surface area contributed by atoms with Crippen molar-refractivity contribution in [2.24, 2.45) is 0 Å². The molecular weight excluding hydrogens is 782 g/mol. The number of carbonyl (C=O) groups is 2. The highest BCUT2D eigenvalue weighted by molar-refractivity contribution is 6.53. The molecule has 0 aliphatic rings. The zero-order valence-corrected chi connectivity index (χ0v) is 31.1. The molecule has 2 amide bonds. The number of nitro groups is 2. The zero-order valence-electron chi connectivity index (χ0n) is 28.1. The number of alkyl halides is 4. The molecule has 0 atom stereocenters. The van der Waals surface area contributed by atoms with Crippen LogP contribution in [0.1, 0.15) is 22.3 Å². The second kappa shape index (κ2) is 18.6. The van der Waals surface area contributed by atoms with Crippen LogP contribution in [-0.4, -0.2) is 41.1 Å². The SMILES string of the molecule is O=C(C(Cl)Cl)N(Cc1ccc(CN(Cc2ccc(Oc3ccc([N+](=O)[O-])cc3)cc2)C(=O)C(Cl)Cl)cc1)Cc1ccc(Oc2ccc([N+](=O)[O-])cc2)cc1. The maximum Gasteiger partial charge on any atom is 0.269 e. The van der Waals surface area contributed by atoms with Crippen molar-refractivity contribution >= 4 is 69.6 Å². The molecule has 0 radical (unpaired) electrons. The van der Waals surface area contributed by atoms with Crippen molar-refractivity contribution in [2.75, 3.05) is 0 Å². The van der Waals surface area contributed by atoms with Gasteiger partial charge in [-0.1, -0.05) is 94.9 Å². The van der Waals surface area contributed by atoms with E-state index < -0.39 is 31.3 Å². The highest BCUT2D eigenvalue weighted by Crippen LogP contribution is 2.27. The van der Waals surface area contributed by atoms with Crippen molar-refractivity contribution in [2.45, 2.75) is 35.9 Å². The third kappa shape index (κ3) is 11.3. The number of carbonyl (C=O) groups excluding carboxylic acids is 2. The molecule has 0 aliphatic carbocycles. The summed E-state index contributed by atoms with van der Waals surface area (Å²) in [6.07, 6.45) is 0. The molecule has 5 aromatic carbocycles. The predicted molar refractivity (Wildman–Crippen MR) is 205 cm³/mol. The summed E-state index contributed by atoms with van der Waals surface area (Å²) < 4.78 is 11.6. The normalized spacial score (nSPS) is 10.9. The molecule has 12 nitrogen and oxygen atoms in total. The van der Waals surface area contributed by atoms with Gasteiger partial charge in [0, 0.05) is 50.4 Å². The van der Waals surface area contributed by atoms with E-state index in [1.165, 1.54) is 58.3 Å². The lowest BCUT2D eigenvalue weighted by atomic mass is 10.1. The predicted octanol–water partition coefficient (Wildman–Crippen LogP) is 9.75. The first-order valence-electron chi connectivity index (χ1n) is 16.1. The Kier molecular flexibility index (Phi) is 13.7. The van der Waals surface area contributed by atoms with E-state index in [9.17, 15) is 29.8 Å². The molecule has 0 fully saturated rings. The molecule has 5 aromatic rings. The Morgan fingerprint density at radius 1 is 0.463 bits per heavy atom. The van der Waals surface area contributed by atoms with Crippen LogP contribution in [0.2, 0.25) is 0 Å². The van der Waals surface area contributed by atoms with Gasteiger partial charge >= 0.3 is 0 Å². The molecule has 0 saturated heterocycles. The van der Waals surface area contributed by atoms with Crippen molar-refractivity contribution in [1.82, 2.24) is 9.80 Å². The summed E-state index contributed by atoms with van der Waals surface area (Å²) >= 11 is 24.0. The molecule has 0 aromatic heterocycles. The van der Waals surface area contributed by atoms with E-state index in [0.717, 1.165) is 22.3 Å². The van der Waals surface area contributed by atoms with Crippen molar-refractivity contribution < 1.29 is 28.9 Å². The minimum atomic E-state index is -1.28. The first kappa shape index (κ1) is 39.8. The number of hydrogen-bond donors (Lipinski definition) is 0. The minimum Gasteiger partial charge on any atom is -0.457 e. The van der Waals surface area contributed by atoms with Crippen LogP contribution in [0.5, 0.6) is 23.0 Å². The second-order valence-corrected chi connectivity index (χ2v) is 14.0. The summed E-state index contributed by atoms with van der Waals surface area (Å²) in [5.74, 6) is 0.902. The maximum atomic E-state index is 13.0. The monoisotopic (exact) mass is 810 g/mol. The smallest absolute Gasteiger partial charge is 0.269 e. The number of ether oxygens (including phenoxy) is 2. The van der Waals surface area contributed by atoms with Gasteiger partial charge in [-0.3, -0.25) is 29.8 Å². The average molecular weight is 812 g/mol. The van der Waals surface area contributed by atoms with Crippen LogP contribution in [0.15, 0.2) is 121 Å². The fourth-order valence-corrected chi connectivity index (χ4v) is 5.75. The van der Waals surface area contributed by atoms with E-state index >= 15 is 0 Å². The Bertz CT molecular complexity index is 1920. The summed E-state index contributed by atoms with van der Waals surface area (Å²) in [6.45, 7) is 0.777. The second-order valence-electron chi connectivity index (χ2n) is 11.8. The van der Waals surface area contributed by atoms with Crippen LogP contribution in [0.25, 0.3) is 0 Å². The van der Waals surface area contributed by atoms with E-state index in [1.807, 2.05) is 24.3 Å². The van der Waals surface area contributed by atoms with Crippen molar-refractivity contribution in [3.63, 3.8) is 0 Å². The number of nitro benzene ring substituents is 2. The van der Waals surface area contributed by atoms with Gasteiger partial charge < -0.3 is 19.3 Å². The average Bonchev–Trinajstić information content (AvgIpc) is 3.16. The van der Waals surface area contributed by atoms with Gasteiger partial charge in [0.05, 0.1) is 9.85 Å². The molecule has 0 aliphatic heterocycles. The van der Waals surface area contributed by atoms with E-state index in [1.54, 1.807) is 48.5 Å². The third-order valence-corrected chi connectivity index (χ3v) is 8.67. The Morgan fingerprint density at radius 2 is 0.685 bits per heavy atom.